The number of aromatic amines is 1. The van der Waals surface area contributed by atoms with Crippen LogP contribution in [0.2, 0.25) is 10.0 Å². The first-order valence-electron chi connectivity index (χ1n) is 9.83. The zero-order valence-corrected chi connectivity index (χ0v) is 18.3. The Morgan fingerprint density at radius 2 is 1.94 bits per heavy atom. The molecular formula is C21H15Cl2FN8O. The molecule has 33 heavy (non-hydrogen) atoms. The fourth-order valence-electron chi connectivity index (χ4n) is 3.57. The number of nitriles is 1. The van der Waals surface area contributed by atoms with E-state index in [9.17, 15) is 4.39 Å². The third kappa shape index (κ3) is 3.80. The highest BCUT2D eigenvalue weighted by atomic mass is 35.5. The highest BCUT2D eigenvalue weighted by Gasteiger charge is 2.30. The van der Waals surface area contributed by atoms with Gasteiger partial charge in [-0.25, -0.2) is 14.4 Å². The number of pyridine rings is 1. The zero-order valence-electron chi connectivity index (χ0n) is 16.8. The summed E-state index contributed by atoms with van der Waals surface area (Å²) in [5, 5.41) is 17.2. The normalized spacial score (nSPS) is 16.3. The topological polar surface area (TPSA) is 130 Å². The molecule has 0 spiro atoms. The number of anilines is 1. The number of H-pyrrole nitrogens is 1. The maximum atomic E-state index is 14.7. The van der Waals surface area contributed by atoms with E-state index in [0.717, 1.165) is 13.0 Å². The molecule has 1 aliphatic heterocycles. The molecule has 1 saturated heterocycles. The molecule has 1 unspecified atom stereocenters. The van der Waals surface area contributed by atoms with Crippen molar-refractivity contribution in [2.24, 2.45) is 5.73 Å². The minimum absolute atomic E-state index is 0.100. The SMILES string of the molecule is N#CC1CCN1c1ncc(-c2n[nH]c3cc(F)c(O[C@H](N)c4c(Cl)cncc4Cl)cc23)cn1. The molecule has 4 heterocycles. The van der Waals surface area contributed by atoms with Gasteiger partial charge in [0.2, 0.25) is 5.95 Å². The number of ether oxygens (including phenoxy) is 1. The summed E-state index contributed by atoms with van der Waals surface area (Å²) in [4.78, 5) is 14.4. The number of aromatic nitrogens is 5. The number of nitrogens with two attached hydrogens (primary N) is 1. The van der Waals surface area contributed by atoms with Gasteiger partial charge < -0.3 is 9.64 Å². The van der Waals surface area contributed by atoms with Gasteiger partial charge in [-0.2, -0.15) is 10.4 Å². The summed E-state index contributed by atoms with van der Waals surface area (Å²) in [6.45, 7) is 0.731. The van der Waals surface area contributed by atoms with Crippen LogP contribution in [-0.4, -0.2) is 37.7 Å². The quantitative estimate of drug-likeness (QED) is 0.406. The van der Waals surface area contributed by atoms with E-state index in [2.05, 4.69) is 31.2 Å². The Morgan fingerprint density at radius 1 is 1.21 bits per heavy atom. The molecular weight excluding hydrogens is 470 g/mol. The van der Waals surface area contributed by atoms with Gasteiger partial charge in [0.1, 0.15) is 11.7 Å². The molecule has 0 bridgehead atoms. The molecule has 166 valence electrons. The van der Waals surface area contributed by atoms with Gasteiger partial charge in [0, 0.05) is 53.9 Å². The van der Waals surface area contributed by atoms with Crippen molar-refractivity contribution in [1.82, 2.24) is 25.1 Å². The number of hydrogen-bond acceptors (Lipinski definition) is 8. The number of benzene rings is 1. The number of nitrogens with one attached hydrogen (secondary N) is 1. The Hall–Kier alpha value is -3.52. The molecule has 5 rings (SSSR count). The minimum Gasteiger partial charge on any atom is -0.468 e. The predicted octanol–water partition coefficient (Wildman–Crippen LogP) is 4.00. The first kappa shape index (κ1) is 21.3. The maximum Gasteiger partial charge on any atom is 0.226 e. The molecule has 0 radical (unpaired) electrons. The number of halogens is 3. The Morgan fingerprint density at radius 3 is 2.58 bits per heavy atom. The zero-order chi connectivity index (χ0) is 23.1. The van der Waals surface area contributed by atoms with Gasteiger partial charge in [0.15, 0.2) is 17.8 Å². The molecule has 3 aromatic heterocycles. The lowest BCUT2D eigenvalue weighted by atomic mass is 10.1. The fourth-order valence-corrected chi connectivity index (χ4v) is 4.15. The third-order valence-electron chi connectivity index (χ3n) is 5.38. The molecule has 1 aromatic carbocycles. The van der Waals surface area contributed by atoms with Gasteiger partial charge >= 0.3 is 0 Å². The highest BCUT2D eigenvalue weighted by molar-refractivity contribution is 6.35. The largest absolute Gasteiger partial charge is 0.468 e. The summed E-state index contributed by atoms with van der Waals surface area (Å²) in [6.07, 6.45) is 5.64. The van der Waals surface area contributed by atoms with Crippen molar-refractivity contribution in [1.29, 1.82) is 5.26 Å². The summed E-state index contributed by atoms with van der Waals surface area (Å²) in [6, 6.07) is 4.75. The molecule has 1 fully saturated rings. The summed E-state index contributed by atoms with van der Waals surface area (Å²) >= 11 is 12.3. The van der Waals surface area contributed by atoms with Crippen molar-refractivity contribution in [3.8, 4) is 23.1 Å². The third-order valence-corrected chi connectivity index (χ3v) is 5.98. The highest BCUT2D eigenvalue weighted by Crippen LogP contribution is 2.35. The van der Waals surface area contributed by atoms with E-state index in [0.29, 0.717) is 33.7 Å². The number of rotatable bonds is 5. The monoisotopic (exact) mass is 484 g/mol. The van der Waals surface area contributed by atoms with Crippen molar-refractivity contribution in [3.05, 3.63) is 58.3 Å². The van der Waals surface area contributed by atoms with Gasteiger partial charge in [-0.3, -0.25) is 15.8 Å². The van der Waals surface area contributed by atoms with E-state index in [-0.39, 0.29) is 21.8 Å². The first-order valence-corrected chi connectivity index (χ1v) is 10.6. The van der Waals surface area contributed by atoms with Crippen LogP contribution in [0.5, 0.6) is 5.75 Å². The molecule has 0 saturated carbocycles. The van der Waals surface area contributed by atoms with E-state index in [1.165, 1.54) is 24.5 Å². The van der Waals surface area contributed by atoms with Crippen molar-refractivity contribution >= 4 is 40.1 Å². The second kappa shape index (κ2) is 8.44. The van der Waals surface area contributed by atoms with Gasteiger partial charge in [0.05, 0.1) is 21.6 Å². The Kier molecular flexibility index (Phi) is 5.46. The molecule has 1 aliphatic rings. The lowest BCUT2D eigenvalue weighted by Gasteiger charge is -2.36. The van der Waals surface area contributed by atoms with Crippen LogP contribution in [0.15, 0.2) is 36.9 Å². The molecule has 12 heteroatoms. The van der Waals surface area contributed by atoms with E-state index >= 15 is 0 Å². The van der Waals surface area contributed by atoms with Crippen LogP contribution >= 0.6 is 23.2 Å². The van der Waals surface area contributed by atoms with Gasteiger partial charge in [-0.1, -0.05) is 23.2 Å². The summed E-state index contributed by atoms with van der Waals surface area (Å²) in [5.41, 5.74) is 7.97. The maximum absolute atomic E-state index is 14.7. The van der Waals surface area contributed by atoms with Crippen LogP contribution < -0.4 is 15.4 Å². The van der Waals surface area contributed by atoms with Gasteiger partial charge in [-0.05, 0) is 12.5 Å². The van der Waals surface area contributed by atoms with E-state index in [1.54, 1.807) is 12.4 Å². The average molecular weight is 485 g/mol. The molecule has 0 aliphatic carbocycles. The lowest BCUT2D eigenvalue weighted by molar-refractivity contribution is 0.205. The number of fused-ring (bicyclic) bond motifs is 1. The predicted molar refractivity (Wildman–Crippen MR) is 120 cm³/mol. The smallest absolute Gasteiger partial charge is 0.226 e. The van der Waals surface area contributed by atoms with Crippen molar-refractivity contribution < 1.29 is 9.13 Å². The van der Waals surface area contributed by atoms with E-state index < -0.39 is 12.0 Å². The molecule has 0 amide bonds. The average Bonchev–Trinajstić information content (AvgIpc) is 3.16. The Labute approximate surface area is 196 Å². The lowest BCUT2D eigenvalue weighted by Crippen LogP contribution is -2.47. The van der Waals surface area contributed by atoms with E-state index in [4.69, 9.17) is 38.9 Å². The van der Waals surface area contributed by atoms with E-state index in [1.807, 2.05) is 4.90 Å². The molecule has 4 aromatic rings. The van der Waals surface area contributed by atoms with Crippen LogP contribution in [0.4, 0.5) is 10.3 Å². The van der Waals surface area contributed by atoms with Crippen LogP contribution in [0.3, 0.4) is 0 Å². The van der Waals surface area contributed by atoms with Crippen molar-refractivity contribution in [2.45, 2.75) is 18.7 Å². The Bertz CT molecular complexity index is 1370. The summed E-state index contributed by atoms with van der Waals surface area (Å²) in [5.74, 6) is -0.263. The molecule has 3 N–H and O–H groups in total. The minimum atomic E-state index is -1.12. The number of hydrogen-bond donors (Lipinski definition) is 2. The molecule has 2 atom stereocenters. The van der Waals surface area contributed by atoms with Crippen LogP contribution in [0.1, 0.15) is 18.2 Å². The van der Waals surface area contributed by atoms with Crippen molar-refractivity contribution in [2.75, 3.05) is 11.4 Å². The van der Waals surface area contributed by atoms with Gasteiger partial charge in [0.25, 0.3) is 0 Å². The Balaban J connectivity index is 1.46. The number of nitrogens with zero attached hydrogens (tertiary/aromatic N) is 6. The van der Waals surface area contributed by atoms with Crippen molar-refractivity contribution in [3.63, 3.8) is 0 Å². The van der Waals surface area contributed by atoms with Gasteiger partial charge in [-0.15, -0.1) is 0 Å². The fraction of sp³-hybridized carbons (Fsp3) is 0.190. The van der Waals surface area contributed by atoms with Crippen LogP contribution in [-0.2, 0) is 0 Å². The standard InChI is InChI=1S/C21H15Cl2FN8O/c22-13-8-27-9-14(23)18(13)20(26)33-17-3-12-16(4-15(17)24)30-31-19(12)10-6-28-21(29-7-10)32-2-1-11(32)5-25/h3-4,6-9,11,20H,1-2,26H2,(H,30,31)/t11?,20-/m0/s1. The van der Waals surface area contributed by atoms with Crippen LogP contribution in [0.25, 0.3) is 22.2 Å². The summed E-state index contributed by atoms with van der Waals surface area (Å²) < 4.78 is 20.4. The van der Waals surface area contributed by atoms with Crippen LogP contribution in [0, 0.1) is 17.1 Å². The summed E-state index contributed by atoms with van der Waals surface area (Å²) in [7, 11) is 0. The molecule has 9 nitrogen and oxygen atoms in total. The second-order valence-electron chi connectivity index (χ2n) is 7.35. The second-order valence-corrected chi connectivity index (χ2v) is 8.17. The first-order chi connectivity index (χ1) is 16.0.